The van der Waals surface area contributed by atoms with Crippen molar-refractivity contribution >= 4 is 35.1 Å². The Balaban J connectivity index is 2.17. The molecule has 0 aromatic rings. The molecule has 25 heavy (non-hydrogen) atoms. The number of carbonyl (C=O) groups excluding carboxylic acids is 2. The molecule has 2 nitrogen and oxygen atoms in total. The lowest BCUT2D eigenvalue weighted by atomic mass is 9.77. The Hall–Kier alpha value is 0.0400. The maximum absolute atomic E-state index is 12.9. The van der Waals surface area contributed by atoms with Gasteiger partial charge in [0.05, 0.1) is 0 Å². The zero-order chi connectivity index (χ0) is 18.5. The third-order valence-electron chi connectivity index (χ3n) is 6.78. The van der Waals surface area contributed by atoms with E-state index in [4.69, 9.17) is 0 Å². The van der Waals surface area contributed by atoms with Crippen molar-refractivity contribution in [3.63, 3.8) is 0 Å². The van der Waals surface area contributed by atoms with Gasteiger partial charge in [-0.2, -0.15) is 23.5 Å². The fraction of sp³-hybridized carbons (Fsp3) is 0.905. The summed E-state index contributed by atoms with van der Waals surface area (Å²) in [4.78, 5) is 25.2. The van der Waals surface area contributed by atoms with Crippen LogP contribution in [0.15, 0.2) is 0 Å². The van der Waals surface area contributed by atoms with E-state index in [-0.39, 0.29) is 16.6 Å². The number of fused-ring (bicyclic) bond motifs is 1. The van der Waals surface area contributed by atoms with Crippen molar-refractivity contribution in [2.75, 3.05) is 23.0 Å². The Labute approximate surface area is 163 Å². The molecule has 1 heterocycles. The molecule has 2 aliphatic rings. The summed E-state index contributed by atoms with van der Waals surface area (Å²) in [5, 5.41) is 0. The van der Waals surface area contributed by atoms with Crippen molar-refractivity contribution in [1.29, 1.82) is 0 Å². The van der Waals surface area contributed by atoms with Gasteiger partial charge in [0.15, 0.2) is 0 Å². The molecule has 0 spiro atoms. The van der Waals surface area contributed by atoms with Crippen LogP contribution in [0.2, 0.25) is 0 Å². The van der Waals surface area contributed by atoms with Crippen LogP contribution in [0.25, 0.3) is 0 Å². The highest BCUT2D eigenvalue weighted by atomic mass is 32.2. The van der Waals surface area contributed by atoms with Crippen LogP contribution in [-0.4, -0.2) is 34.6 Å². The van der Waals surface area contributed by atoms with E-state index >= 15 is 0 Å². The Kier molecular flexibility index (Phi) is 7.94. The topological polar surface area (TPSA) is 34.1 Å². The highest BCUT2D eigenvalue weighted by Gasteiger charge is 2.37. The first-order valence-electron chi connectivity index (χ1n) is 10.0. The van der Waals surface area contributed by atoms with Crippen molar-refractivity contribution in [3.8, 4) is 0 Å². The van der Waals surface area contributed by atoms with Crippen LogP contribution in [0.4, 0.5) is 0 Å². The summed E-state index contributed by atoms with van der Waals surface area (Å²) in [7, 11) is 0. The van der Waals surface area contributed by atoms with Crippen molar-refractivity contribution in [2.24, 2.45) is 22.7 Å². The Bertz CT molecular complexity index is 473. The second kappa shape index (κ2) is 9.30. The van der Waals surface area contributed by atoms with E-state index in [2.05, 4.69) is 20.8 Å². The second-order valence-electron chi connectivity index (χ2n) is 8.79. The normalized spacial score (nSPS) is 38.8. The highest BCUT2D eigenvalue weighted by Crippen LogP contribution is 2.40. The second-order valence-corrected chi connectivity index (χ2v) is 10.8. The number of hydrogen-bond donors (Lipinski definition) is 0. The van der Waals surface area contributed by atoms with Crippen LogP contribution in [0, 0.1) is 22.7 Å². The van der Waals surface area contributed by atoms with Crippen molar-refractivity contribution < 1.29 is 9.59 Å². The number of rotatable bonds is 2. The molecule has 1 saturated carbocycles. The summed E-state index contributed by atoms with van der Waals surface area (Å²) < 4.78 is 0. The zero-order valence-corrected chi connectivity index (χ0v) is 18.2. The Morgan fingerprint density at radius 2 is 1.64 bits per heavy atom. The molecule has 0 radical (unpaired) electrons. The van der Waals surface area contributed by atoms with Crippen LogP contribution in [0.1, 0.15) is 72.6 Å². The van der Waals surface area contributed by atoms with E-state index in [1.54, 1.807) is 6.92 Å². The summed E-state index contributed by atoms with van der Waals surface area (Å²) in [6.45, 7) is 8.06. The van der Waals surface area contributed by atoms with Crippen molar-refractivity contribution in [3.05, 3.63) is 0 Å². The summed E-state index contributed by atoms with van der Waals surface area (Å²) >= 11 is 3.97. The number of ketones is 2. The van der Waals surface area contributed by atoms with E-state index < -0.39 is 0 Å². The number of thioether (sulfide) groups is 2. The third-order valence-corrected chi connectivity index (χ3v) is 9.79. The molecule has 0 aromatic heterocycles. The number of carbonyl (C=O) groups is 2. The largest absolute Gasteiger partial charge is 0.299 e. The maximum atomic E-state index is 12.9. The standard InChI is InChI=1S/C21H36O2S2/c1-5-20(3)14-24-12-17-8-6-7-9-18(17)13-25-15-21(4,16(2)22)11-10-19(20)23/h17-18H,5-15H2,1-4H3/t17-,18-,20+,21+/m1/s1. The molecule has 0 aromatic carbocycles. The van der Waals surface area contributed by atoms with Gasteiger partial charge in [-0.3, -0.25) is 9.59 Å². The fourth-order valence-corrected chi connectivity index (χ4v) is 7.35. The van der Waals surface area contributed by atoms with E-state index in [0.29, 0.717) is 18.6 Å². The lowest BCUT2D eigenvalue weighted by Gasteiger charge is -2.33. The number of hydrogen-bond acceptors (Lipinski definition) is 4. The van der Waals surface area contributed by atoms with Crippen molar-refractivity contribution in [2.45, 2.75) is 72.6 Å². The first-order valence-corrected chi connectivity index (χ1v) is 12.3. The lowest BCUT2D eigenvalue weighted by Crippen LogP contribution is -2.34. The Morgan fingerprint density at radius 3 is 2.16 bits per heavy atom. The van der Waals surface area contributed by atoms with Crippen LogP contribution >= 0.6 is 23.5 Å². The monoisotopic (exact) mass is 384 g/mol. The van der Waals surface area contributed by atoms with E-state index in [0.717, 1.165) is 29.8 Å². The van der Waals surface area contributed by atoms with E-state index in [1.165, 1.54) is 37.2 Å². The van der Waals surface area contributed by atoms with Crippen LogP contribution in [0.3, 0.4) is 0 Å². The molecule has 0 N–H and O–H groups in total. The molecular formula is C21H36O2S2. The quantitative estimate of drug-likeness (QED) is 0.617. The smallest absolute Gasteiger partial charge is 0.139 e. The lowest BCUT2D eigenvalue weighted by molar-refractivity contribution is -0.129. The van der Waals surface area contributed by atoms with Gasteiger partial charge in [0, 0.05) is 28.8 Å². The van der Waals surface area contributed by atoms with Gasteiger partial charge in [-0.1, -0.05) is 33.6 Å². The van der Waals surface area contributed by atoms with Crippen molar-refractivity contribution in [1.82, 2.24) is 0 Å². The molecule has 0 amide bonds. The fourth-order valence-electron chi connectivity index (χ4n) is 4.02. The molecule has 4 atom stereocenters. The summed E-state index contributed by atoms with van der Waals surface area (Å²) in [6.07, 6.45) is 7.58. The highest BCUT2D eigenvalue weighted by molar-refractivity contribution is 7.99. The van der Waals surface area contributed by atoms with Gasteiger partial charge in [-0.05, 0) is 55.9 Å². The molecule has 1 saturated heterocycles. The molecule has 4 heteroatoms. The minimum atomic E-state index is -0.347. The molecule has 1 aliphatic heterocycles. The molecule has 1 aliphatic carbocycles. The van der Waals surface area contributed by atoms with Gasteiger partial charge >= 0.3 is 0 Å². The molecule has 0 bridgehead atoms. The molecule has 2 fully saturated rings. The van der Waals surface area contributed by atoms with Gasteiger partial charge < -0.3 is 0 Å². The summed E-state index contributed by atoms with van der Waals surface area (Å²) in [6, 6.07) is 0. The minimum Gasteiger partial charge on any atom is -0.299 e. The molecule has 2 rings (SSSR count). The van der Waals surface area contributed by atoms with Crippen LogP contribution in [0.5, 0.6) is 0 Å². The van der Waals surface area contributed by atoms with Gasteiger partial charge in [0.25, 0.3) is 0 Å². The zero-order valence-electron chi connectivity index (χ0n) is 16.6. The summed E-state index contributed by atoms with van der Waals surface area (Å²) in [5.41, 5.74) is -0.575. The molecule has 0 unspecified atom stereocenters. The summed E-state index contributed by atoms with van der Waals surface area (Å²) in [5.74, 6) is 6.41. The van der Waals surface area contributed by atoms with Crippen LogP contribution < -0.4 is 0 Å². The average molecular weight is 385 g/mol. The first-order chi connectivity index (χ1) is 11.8. The Morgan fingerprint density at radius 1 is 1.08 bits per heavy atom. The molecule has 144 valence electrons. The SMILES string of the molecule is CC[C@@]1(C)CSC[C@H]2CCCC[C@@H]2CSC[C@@](C)(C(C)=O)CCC1=O. The van der Waals surface area contributed by atoms with E-state index in [9.17, 15) is 9.59 Å². The van der Waals surface area contributed by atoms with Gasteiger partial charge in [0.1, 0.15) is 11.6 Å². The predicted octanol–water partition coefficient (Wildman–Crippen LogP) is 5.63. The predicted molar refractivity (Wildman–Crippen MR) is 112 cm³/mol. The third kappa shape index (κ3) is 5.51. The minimum absolute atomic E-state index is 0.228. The first kappa shape index (κ1) is 21.3. The van der Waals surface area contributed by atoms with Crippen LogP contribution in [-0.2, 0) is 9.59 Å². The van der Waals surface area contributed by atoms with Gasteiger partial charge in [-0.15, -0.1) is 0 Å². The molecular weight excluding hydrogens is 348 g/mol. The number of Topliss-reactive ketones (excluding diaryl/α,β-unsaturated/α-hetero) is 2. The van der Waals surface area contributed by atoms with Gasteiger partial charge in [-0.25, -0.2) is 0 Å². The van der Waals surface area contributed by atoms with Gasteiger partial charge in [0.2, 0.25) is 0 Å². The average Bonchev–Trinajstić information content (AvgIpc) is 2.60. The van der Waals surface area contributed by atoms with E-state index in [1.807, 2.05) is 23.5 Å². The maximum Gasteiger partial charge on any atom is 0.139 e.